The number of hydrogen-bond donors (Lipinski definition) is 2. The van der Waals surface area contributed by atoms with Gasteiger partial charge in [0.05, 0.1) is 19.9 Å². The smallest absolute Gasteiger partial charge is 0.287 e. The van der Waals surface area contributed by atoms with Gasteiger partial charge in [0, 0.05) is 17.8 Å². The summed E-state index contributed by atoms with van der Waals surface area (Å²) in [5, 5.41) is 5.77. The number of carbonyl (C=O) groups excluding carboxylic acids is 3. The highest BCUT2D eigenvalue weighted by atomic mass is 16.5. The number of carbonyl (C=O) groups is 3. The van der Waals surface area contributed by atoms with E-state index in [1.165, 1.54) is 17.2 Å². The van der Waals surface area contributed by atoms with E-state index in [1.54, 1.807) is 37.4 Å². The van der Waals surface area contributed by atoms with E-state index in [9.17, 15) is 14.4 Å². The molecule has 1 unspecified atom stereocenters. The van der Waals surface area contributed by atoms with E-state index in [2.05, 4.69) is 10.6 Å². The maximum Gasteiger partial charge on any atom is 0.287 e. The molecule has 0 spiro atoms. The van der Waals surface area contributed by atoms with Gasteiger partial charge in [0.15, 0.2) is 5.76 Å². The van der Waals surface area contributed by atoms with Crippen molar-refractivity contribution >= 4 is 23.4 Å². The van der Waals surface area contributed by atoms with Crippen molar-refractivity contribution < 1.29 is 23.5 Å². The van der Waals surface area contributed by atoms with Gasteiger partial charge in [-0.05, 0) is 55.2 Å². The monoisotopic (exact) mass is 489 g/mol. The third-order valence-electron chi connectivity index (χ3n) is 6.44. The van der Waals surface area contributed by atoms with Crippen molar-refractivity contribution in [2.24, 2.45) is 0 Å². The second-order valence-electron chi connectivity index (χ2n) is 8.87. The molecule has 0 radical (unpaired) electrons. The average Bonchev–Trinajstić information content (AvgIpc) is 3.61. The fourth-order valence-corrected chi connectivity index (χ4v) is 4.57. The molecule has 0 bridgehead atoms. The summed E-state index contributed by atoms with van der Waals surface area (Å²) in [7, 11) is 1.54. The van der Waals surface area contributed by atoms with Crippen molar-refractivity contribution in [3.63, 3.8) is 0 Å². The zero-order valence-electron chi connectivity index (χ0n) is 20.5. The average molecular weight is 490 g/mol. The molecule has 8 nitrogen and oxygen atoms in total. The van der Waals surface area contributed by atoms with Crippen LogP contribution in [0.15, 0.2) is 71.3 Å². The lowest BCUT2D eigenvalue weighted by Crippen LogP contribution is -2.49. The molecular weight excluding hydrogens is 458 g/mol. The van der Waals surface area contributed by atoms with Gasteiger partial charge in [0.1, 0.15) is 11.8 Å². The number of hydrogen-bond acceptors (Lipinski definition) is 5. The number of aryl methyl sites for hydroxylation is 1. The van der Waals surface area contributed by atoms with Crippen LogP contribution in [0.3, 0.4) is 0 Å². The topological polar surface area (TPSA) is 101 Å². The van der Waals surface area contributed by atoms with Gasteiger partial charge in [-0.3, -0.25) is 19.3 Å². The van der Waals surface area contributed by atoms with Crippen LogP contribution in [0, 0.1) is 6.92 Å². The highest BCUT2D eigenvalue weighted by Crippen LogP contribution is 2.32. The van der Waals surface area contributed by atoms with E-state index in [4.69, 9.17) is 9.15 Å². The first-order chi connectivity index (χ1) is 17.5. The zero-order valence-corrected chi connectivity index (χ0v) is 20.5. The van der Waals surface area contributed by atoms with Crippen molar-refractivity contribution in [2.45, 2.75) is 44.7 Å². The number of nitrogens with zero attached hydrogens (tertiary/aromatic N) is 1. The molecule has 1 aliphatic carbocycles. The van der Waals surface area contributed by atoms with Gasteiger partial charge < -0.3 is 19.8 Å². The number of furan rings is 1. The Kier molecular flexibility index (Phi) is 8.05. The number of amides is 3. The number of ether oxygens (including phenoxy) is 1. The second kappa shape index (κ2) is 11.6. The molecule has 4 rings (SSSR count). The molecule has 3 amide bonds. The molecule has 2 N–H and O–H groups in total. The summed E-state index contributed by atoms with van der Waals surface area (Å²) in [6.07, 6.45) is 5.35. The van der Waals surface area contributed by atoms with E-state index < -0.39 is 17.9 Å². The van der Waals surface area contributed by atoms with E-state index in [-0.39, 0.29) is 24.3 Å². The molecule has 1 saturated carbocycles. The van der Waals surface area contributed by atoms with Crippen molar-refractivity contribution in [3.05, 3.63) is 83.8 Å². The van der Waals surface area contributed by atoms with Crippen molar-refractivity contribution in [3.8, 4) is 5.75 Å². The van der Waals surface area contributed by atoms with Gasteiger partial charge in [0.2, 0.25) is 11.8 Å². The highest BCUT2D eigenvalue weighted by molar-refractivity contribution is 6.04. The summed E-state index contributed by atoms with van der Waals surface area (Å²) in [5.41, 5.74) is 2.08. The number of methoxy groups -OCH3 is 1. The second-order valence-corrected chi connectivity index (χ2v) is 8.87. The maximum atomic E-state index is 13.8. The number of benzene rings is 2. The van der Waals surface area contributed by atoms with Crippen LogP contribution in [0.4, 0.5) is 5.69 Å². The quantitative estimate of drug-likeness (QED) is 0.470. The van der Waals surface area contributed by atoms with Gasteiger partial charge in [-0.25, -0.2) is 0 Å². The molecule has 36 heavy (non-hydrogen) atoms. The van der Waals surface area contributed by atoms with E-state index in [0.717, 1.165) is 31.2 Å². The lowest BCUT2D eigenvalue weighted by atomic mass is 9.97. The first kappa shape index (κ1) is 25.0. The van der Waals surface area contributed by atoms with Gasteiger partial charge in [-0.1, -0.05) is 43.2 Å². The summed E-state index contributed by atoms with van der Waals surface area (Å²) >= 11 is 0. The first-order valence-corrected chi connectivity index (χ1v) is 12.1. The fourth-order valence-electron chi connectivity index (χ4n) is 4.57. The first-order valence-electron chi connectivity index (χ1n) is 12.1. The van der Waals surface area contributed by atoms with Crippen molar-refractivity contribution in [2.75, 3.05) is 18.6 Å². The Balaban J connectivity index is 1.72. The van der Waals surface area contributed by atoms with E-state index in [1.807, 2.05) is 31.2 Å². The molecule has 0 aliphatic heterocycles. The molecule has 1 atom stereocenters. The Morgan fingerprint density at radius 3 is 2.53 bits per heavy atom. The van der Waals surface area contributed by atoms with Crippen LogP contribution in [0.25, 0.3) is 0 Å². The minimum atomic E-state index is -0.938. The summed E-state index contributed by atoms with van der Waals surface area (Å²) < 4.78 is 10.5. The Bertz CT molecular complexity index is 1200. The van der Waals surface area contributed by atoms with Crippen LogP contribution in [-0.2, 0) is 9.59 Å². The molecule has 0 saturated heterocycles. The Hall–Kier alpha value is -4.07. The summed E-state index contributed by atoms with van der Waals surface area (Å²) in [5.74, 6) is -0.570. The molecular formula is C28H31N3O5. The van der Waals surface area contributed by atoms with Crippen LogP contribution in [0.1, 0.15) is 53.4 Å². The van der Waals surface area contributed by atoms with E-state index in [0.29, 0.717) is 17.0 Å². The van der Waals surface area contributed by atoms with Crippen LogP contribution in [0.5, 0.6) is 5.75 Å². The Morgan fingerprint density at radius 2 is 1.83 bits per heavy atom. The van der Waals surface area contributed by atoms with E-state index >= 15 is 0 Å². The Labute approximate surface area is 210 Å². The zero-order chi connectivity index (χ0) is 25.5. The van der Waals surface area contributed by atoms with Gasteiger partial charge in [-0.15, -0.1) is 0 Å². The highest BCUT2D eigenvalue weighted by Gasteiger charge is 2.35. The summed E-state index contributed by atoms with van der Waals surface area (Å²) in [4.78, 5) is 41.5. The summed E-state index contributed by atoms with van der Waals surface area (Å²) in [6.45, 7) is 1.59. The fraction of sp³-hybridized carbons (Fsp3) is 0.321. The molecule has 1 heterocycles. The molecule has 1 fully saturated rings. The molecule has 1 aromatic heterocycles. The predicted octanol–water partition coefficient (Wildman–Crippen LogP) is 4.16. The normalized spacial score (nSPS) is 14.2. The van der Waals surface area contributed by atoms with Crippen LogP contribution < -0.4 is 20.3 Å². The lowest BCUT2D eigenvalue weighted by molar-refractivity contribution is -0.126. The summed E-state index contributed by atoms with van der Waals surface area (Å²) in [6, 6.07) is 16.8. The largest absolute Gasteiger partial charge is 0.497 e. The minimum absolute atomic E-state index is 0.0740. The standard InChI is InChI=1S/C28H31N3O5/c1-19-9-3-6-14-23(19)26(28(34)30-20-10-4-5-11-20)31(21-12-7-13-22(17-21)35-2)25(32)18-29-27(33)24-15-8-16-36-24/h3,6-9,12-17,20,26H,4-5,10-11,18H2,1-2H3,(H,29,33)(H,30,34). The predicted molar refractivity (Wildman–Crippen MR) is 136 cm³/mol. The number of nitrogens with one attached hydrogen (secondary N) is 2. The Morgan fingerprint density at radius 1 is 1.06 bits per heavy atom. The van der Waals surface area contributed by atoms with Crippen LogP contribution in [0.2, 0.25) is 0 Å². The maximum absolute atomic E-state index is 13.8. The third-order valence-corrected chi connectivity index (χ3v) is 6.44. The number of anilines is 1. The molecule has 3 aromatic rings. The minimum Gasteiger partial charge on any atom is -0.497 e. The van der Waals surface area contributed by atoms with Gasteiger partial charge in [-0.2, -0.15) is 0 Å². The SMILES string of the molecule is COc1cccc(N(C(=O)CNC(=O)c2ccco2)C(C(=O)NC2CCCC2)c2ccccc2C)c1. The van der Waals surface area contributed by atoms with Crippen LogP contribution >= 0.6 is 0 Å². The number of rotatable bonds is 9. The molecule has 8 heteroatoms. The van der Waals surface area contributed by atoms with Crippen LogP contribution in [-0.4, -0.2) is 37.4 Å². The third kappa shape index (κ3) is 5.76. The van der Waals surface area contributed by atoms with Gasteiger partial charge in [0.25, 0.3) is 5.91 Å². The van der Waals surface area contributed by atoms with Gasteiger partial charge >= 0.3 is 0 Å². The van der Waals surface area contributed by atoms with Crippen molar-refractivity contribution in [1.29, 1.82) is 0 Å². The molecule has 188 valence electrons. The molecule has 2 aromatic carbocycles. The molecule has 1 aliphatic rings. The van der Waals surface area contributed by atoms with Crippen molar-refractivity contribution in [1.82, 2.24) is 10.6 Å². The lowest BCUT2D eigenvalue weighted by Gasteiger charge is -2.33.